The molecule has 0 aromatic heterocycles. The van der Waals surface area contributed by atoms with E-state index in [1.807, 2.05) is 49.4 Å². The van der Waals surface area contributed by atoms with Gasteiger partial charge in [-0.05, 0) is 55.3 Å². The van der Waals surface area contributed by atoms with Crippen LogP contribution in [0.25, 0.3) is 0 Å². The van der Waals surface area contributed by atoms with Gasteiger partial charge in [-0.15, -0.1) is 0 Å². The number of rotatable bonds is 7. The van der Waals surface area contributed by atoms with Crippen LogP contribution in [0, 0.1) is 6.92 Å². The first kappa shape index (κ1) is 15.7. The van der Waals surface area contributed by atoms with Crippen LogP contribution in [0.5, 0.6) is 11.5 Å². The molecule has 2 aromatic rings. The highest BCUT2D eigenvalue weighted by molar-refractivity contribution is 6.30. The molecule has 0 aliphatic heterocycles. The van der Waals surface area contributed by atoms with Crippen LogP contribution in [0.2, 0.25) is 5.02 Å². The molecule has 0 bridgehead atoms. The van der Waals surface area contributed by atoms with Gasteiger partial charge in [0.15, 0.2) is 0 Å². The molecule has 21 heavy (non-hydrogen) atoms. The largest absolute Gasteiger partial charge is 0.490 e. The summed E-state index contributed by atoms with van der Waals surface area (Å²) in [5, 5.41) is 0.673. The minimum Gasteiger partial charge on any atom is -0.490 e. The quantitative estimate of drug-likeness (QED) is 0.795. The molecule has 2 N–H and O–H groups in total. The zero-order valence-electron chi connectivity index (χ0n) is 12.1. The van der Waals surface area contributed by atoms with Crippen molar-refractivity contribution in [1.82, 2.24) is 0 Å². The number of aryl methyl sites for hydroxylation is 1. The summed E-state index contributed by atoms with van der Waals surface area (Å²) in [5.74, 6) is 1.63. The van der Waals surface area contributed by atoms with Crippen molar-refractivity contribution in [3.05, 3.63) is 58.6 Å². The molecule has 2 aromatic carbocycles. The summed E-state index contributed by atoms with van der Waals surface area (Å²) >= 11 is 5.95. The molecule has 2 rings (SSSR count). The smallest absolute Gasteiger partial charge is 0.123 e. The molecule has 0 atom stereocenters. The Morgan fingerprint density at radius 1 is 1.00 bits per heavy atom. The summed E-state index contributed by atoms with van der Waals surface area (Å²) in [7, 11) is 0. The Morgan fingerprint density at radius 2 is 1.71 bits per heavy atom. The molecule has 0 saturated heterocycles. The second-order valence-corrected chi connectivity index (χ2v) is 5.23. The van der Waals surface area contributed by atoms with Crippen molar-refractivity contribution >= 4 is 11.6 Å². The van der Waals surface area contributed by atoms with Gasteiger partial charge in [-0.3, -0.25) is 0 Å². The van der Waals surface area contributed by atoms with Crippen LogP contribution in [0.15, 0.2) is 42.5 Å². The second-order valence-electron chi connectivity index (χ2n) is 4.79. The molecule has 112 valence electrons. The Labute approximate surface area is 130 Å². The van der Waals surface area contributed by atoms with Crippen molar-refractivity contribution in [2.24, 2.45) is 5.73 Å². The maximum Gasteiger partial charge on any atom is 0.123 e. The van der Waals surface area contributed by atoms with E-state index in [1.165, 1.54) is 5.56 Å². The first-order chi connectivity index (χ1) is 10.2. The minimum atomic E-state index is 0.478. The molecule has 0 unspecified atom stereocenters. The monoisotopic (exact) mass is 305 g/mol. The highest BCUT2D eigenvalue weighted by Crippen LogP contribution is 2.22. The van der Waals surface area contributed by atoms with E-state index in [9.17, 15) is 0 Å². The molecule has 4 heteroatoms. The standard InChI is InChI=1S/C17H20ClNO2/c1-13-2-5-15(18)12-17(13)21-11-10-20-16-6-3-14(4-7-16)8-9-19/h2-7,12H,8-11,19H2,1H3. The average molecular weight is 306 g/mol. The number of ether oxygens (including phenoxy) is 2. The summed E-state index contributed by atoms with van der Waals surface area (Å²) < 4.78 is 11.3. The maximum absolute atomic E-state index is 5.95. The summed E-state index contributed by atoms with van der Waals surface area (Å²) in [6, 6.07) is 13.6. The Bertz CT molecular complexity index is 570. The van der Waals surface area contributed by atoms with E-state index in [0.717, 1.165) is 23.5 Å². The summed E-state index contributed by atoms with van der Waals surface area (Å²) in [6.45, 7) is 3.61. The number of benzene rings is 2. The number of halogens is 1. The number of nitrogens with two attached hydrogens (primary N) is 1. The maximum atomic E-state index is 5.95. The first-order valence-corrected chi connectivity index (χ1v) is 7.37. The van der Waals surface area contributed by atoms with E-state index in [4.69, 9.17) is 26.8 Å². The lowest BCUT2D eigenvalue weighted by molar-refractivity contribution is 0.216. The molecule has 0 fully saturated rings. The molecule has 0 spiro atoms. The number of hydrogen-bond donors (Lipinski definition) is 1. The van der Waals surface area contributed by atoms with E-state index >= 15 is 0 Å². The zero-order chi connectivity index (χ0) is 15.1. The zero-order valence-corrected chi connectivity index (χ0v) is 12.9. The van der Waals surface area contributed by atoms with E-state index in [2.05, 4.69) is 0 Å². The van der Waals surface area contributed by atoms with Gasteiger partial charge in [0.05, 0.1) is 0 Å². The van der Waals surface area contributed by atoms with Crippen molar-refractivity contribution < 1.29 is 9.47 Å². The molecule has 3 nitrogen and oxygen atoms in total. The van der Waals surface area contributed by atoms with Crippen molar-refractivity contribution in [2.75, 3.05) is 19.8 Å². The van der Waals surface area contributed by atoms with Gasteiger partial charge in [0.2, 0.25) is 0 Å². The van der Waals surface area contributed by atoms with Crippen molar-refractivity contribution in [1.29, 1.82) is 0 Å². The van der Waals surface area contributed by atoms with Gasteiger partial charge >= 0.3 is 0 Å². The first-order valence-electron chi connectivity index (χ1n) is 7.00. The molecule has 0 radical (unpaired) electrons. The average Bonchev–Trinajstić information content (AvgIpc) is 2.49. The third-order valence-corrected chi connectivity index (χ3v) is 3.35. The molecule has 0 aliphatic carbocycles. The second kappa shape index (κ2) is 7.91. The van der Waals surface area contributed by atoms with Crippen LogP contribution in [0.1, 0.15) is 11.1 Å². The van der Waals surface area contributed by atoms with Crippen molar-refractivity contribution in [3.63, 3.8) is 0 Å². The van der Waals surface area contributed by atoms with Gasteiger partial charge in [-0.1, -0.05) is 29.8 Å². The lowest BCUT2D eigenvalue weighted by Crippen LogP contribution is -2.09. The SMILES string of the molecule is Cc1ccc(Cl)cc1OCCOc1ccc(CCN)cc1. The normalized spacial score (nSPS) is 10.4. The molecule has 0 heterocycles. The van der Waals surface area contributed by atoms with Gasteiger partial charge in [0.1, 0.15) is 24.7 Å². The molecule has 0 amide bonds. The van der Waals surface area contributed by atoms with E-state index in [-0.39, 0.29) is 0 Å². The van der Waals surface area contributed by atoms with Gasteiger partial charge in [-0.2, -0.15) is 0 Å². The minimum absolute atomic E-state index is 0.478. The van der Waals surface area contributed by atoms with Gasteiger partial charge < -0.3 is 15.2 Å². The van der Waals surface area contributed by atoms with Crippen LogP contribution in [0.3, 0.4) is 0 Å². The van der Waals surface area contributed by atoms with Gasteiger partial charge in [0, 0.05) is 5.02 Å². The van der Waals surface area contributed by atoms with E-state index in [0.29, 0.717) is 24.8 Å². The molecule has 0 aliphatic rings. The molecular weight excluding hydrogens is 286 g/mol. The predicted molar refractivity (Wildman–Crippen MR) is 86.4 cm³/mol. The lowest BCUT2D eigenvalue weighted by Gasteiger charge is -2.11. The topological polar surface area (TPSA) is 44.5 Å². The highest BCUT2D eigenvalue weighted by atomic mass is 35.5. The van der Waals surface area contributed by atoms with Gasteiger partial charge in [-0.25, -0.2) is 0 Å². The fraction of sp³-hybridized carbons (Fsp3) is 0.294. The van der Waals surface area contributed by atoms with Crippen LogP contribution in [0.4, 0.5) is 0 Å². The fourth-order valence-corrected chi connectivity index (χ4v) is 2.12. The summed E-state index contributed by atoms with van der Waals surface area (Å²) in [6.07, 6.45) is 0.886. The van der Waals surface area contributed by atoms with Crippen LogP contribution < -0.4 is 15.2 Å². The van der Waals surface area contributed by atoms with Crippen molar-refractivity contribution in [2.45, 2.75) is 13.3 Å². The lowest BCUT2D eigenvalue weighted by atomic mass is 10.1. The van der Waals surface area contributed by atoms with Crippen molar-refractivity contribution in [3.8, 4) is 11.5 Å². The van der Waals surface area contributed by atoms with E-state index in [1.54, 1.807) is 0 Å². The van der Waals surface area contributed by atoms with Crippen LogP contribution in [-0.4, -0.2) is 19.8 Å². The van der Waals surface area contributed by atoms with E-state index < -0.39 is 0 Å². The highest BCUT2D eigenvalue weighted by Gasteiger charge is 2.01. The molecular formula is C17H20ClNO2. The Balaban J connectivity index is 1.77. The Hall–Kier alpha value is -1.71. The summed E-state index contributed by atoms with van der Waals surface area (Å²) in [5.41, 5.74) is 7.80. The predicted octanol–water partition coefficient (Wildman–Crippen LogP) is 3.61. The third kappa shape index (κ3) is 4.96. The third-order valence-electron chi connectivity index (χ3n) is 3.12. The van der Waals surface area contributed by atoms with Gasteiger partial charge in [0.25, 0.3) is 0 Å². The van der Waals surface area contributed by atoms with Crippen LogP contribution in [-0.2, 0) is 6.42 Å². The number of hydrogen-bond acceptors (Lipinski definition) is 3. The molecule has 0 saturated carbocycles. The Kier molecular flexibility index (Phi) is 5.90. The summed E-state index contributed by atoms with van der Waals surface area (Å²) in [4.78, 5) is 0. The van der Waals surface area contributed by atoms with Crippen LogP contribution >= 0.6 is 11.6 Å². The Morgan fingerprint density at radius 3 is 2.43 bits per heavy atom. The fourth-order valence-electron chi connectivity index (χ4n) is 1.96.